The molecule has 1 heterocycles. The maximum absolute atomic E-state index is 12.4. The van der Waals surface area contributed by atoms with E-state index in [1.807, 2.05) is 36.1 Å². The number of hydrogen-bond donors (Lipinski definition) is 2. The van der Waals surface area contributed by atoms with Gasteiger partial charge in [0, 0.05) is 30.9 Å². The van der Waals surface area contributed by atoms with Crippen molar-refractivity contribution >= 4 is 28.9 Å². The van der Waals surface area contributed by atoms with Gasteiger partial charge in [-0.3, -0.25) is 4.79 Å². The number of benzene rings is 1. The number of anilines is 1. The predicted octanol–water partition coefficient (Wildman–Crippen LogP) is 2.62. The second-order valence-electron chi connectivity index (χ2n) is 4.92. The van der Waals surface area contributed by atoms with E-state index in [-0.39, 0.29) is 5.91 Å². The van der Waals surface area contributed by atoms with Crippen LogP contribution < -0.4 is 10.6 Å². The third-order valence-electron chi connectivity index (χ3n) is 3.35. The highest BCUT2D eigenvalue weighted by molar-refractivity contribution is 7.80. The molecule has 2 N–H and O–H groups in total. The molecule has 1 aliphatic heterocycles. The zero-order valence-electron chi connectivity index (χ0n) is 11.8. The Labute approximate surface area is 125 Å². The van der Waals surface area contributed by atoms with Gasteiger partial charge in [0.25, 0.3) is 5.91 Å². The Morgan fingerprint density at radius 2 is 2.05 bits per heavy atom. The van der Waals surface area contributed by atoms with Crippen LogP contribution in [0.2, 0.25) is 0 Å². The fourth-order valence-corrected chi connectivity index (χ4v) is 2.61. The Balaban J connectivity index is 2.04. The van der Waals surface area contributed by atoms with Gasteiger partial charge in [-0.1, -0.05) is 6.07 Å². The van der Waals surface area contributed by atoms with Crippen molar-refractivity contribution in [1.82, 2.24) is 10.2 Å². The second-order valence-corrected chi connectivity index (χ2v) is 5.33. The molecular formula is C15H21N3OS. The van der Waals surface area contributed by atoms with Crippen LogP contribution in [0.1, 0.15) is 36.5 Å². The topological polar surface area (TPSA) is 44.4 Å². The van der Waals surface area contributed by atoms with Crippen LogP contribution in [0.3, 0.4) is 0 Å². The van der Waals surface area contributed by atoms with Gasteiger partial charge >= 0.3 is 0 Å². The number of likely N-dealkylation sites (tertiary alicyclic amines) is 1. The van der Waals surface area contributed by atoms with E-state index in [4.69, 9.17) is 12.2 Å². The molecule has 20 heavy (non-hydrogen) atoms. The van der Waals surface area contributed by atoms with E-state index in [9.17, 15) is 4.79 Å². The van der Waals surface area contributed by atoms with E-state index in [1.165, 1.54) is 6.42 Å². The van der Waals surface area contributed by atoms with E-state index in [0.29, 0.717) is 5.11 Å². The molecule has 5 heteroatoms. The molecular weight excluding hydrogens is 270 g/mol. The van der Waals surface area contributed by atoms with Gasteiger partial charge in [0.2, 0.25) is 0 Å². The van der Waals surface area contributed by atoms with Gasteiger partial charge in [-0.25, -0.2) is 0 Å². The minimum Gasteiger partial charge on any atom is -0.363 e. The Hall–Kier alpha value is -1.62. The quantitative estimate of drug-likeness (QED) is 0.840. The van der Waals surface area contributed by atoms with Gasteiger partial charge in [0.15, 0.2) is 5.11 Å². The summed E-state index contributed by atoms with van der Waals surface area (Å²) in [6.07, 6.45) is 3.44. The number of carbonyl (C=O) groups excluding carboxylic acids is 1. The lowest BCUT2D eigenvalue weighted by atomic mass is 10.1. The molecule has 0 spiro atoms. The van der Waals surface area contributed by atoms with Crippen LogP contribution in [-0.2, 0) is 0 Å². The van der Waals surface area contributed by atoms with Gasteiger partial charge in [-0.05, 0) is 56.6 Å². The highest BCUT2D eigenvalue weighted by atomic mass is 32.1. The van der Waals surface area contributed by atoms with Crippen molar-refractivity contribution in [3.63, 3.8) is 0 Å². The molecule has 1 aromatic rings. The van der Waals surface area contributed by atoms with Crippen LogP contribution in [0.4, 0.5) is 5.69 Å². The van der Waals surface area contributed by atoms with Crippen molar-refractivity contribution in [2.24, 2.45) is 0 Å². The van der Waals surface area contributed by atoms with Crippen LogP contribution in [-0.4, -0.2) is 35.6 Å². The first-order valence-corrected chi connectivity index (χ1v) is 7.55. The van der Waals surface area contributed by atoms with E-state index in [2.05, 4.69) is 10.6 Å². The number of nitrogens with zero attached hydrogens (tertiary/aromatic N) is 1. The largest absolute Gasteiger partial charge is 0.363 e. The molecule has 108 valence electrons. The van der Waals surface area contributed by atoms with Crippen molar-refractivity contribution in [3.8, 4) is 0 Å². The predicted molar refractivity (Wildman–Crippen MR) is 86.1 cm³/mol. The molecule has 0 aliphatic carbocycles. The number of carbonyl (C=O) groups is 1. The van der Waals surface area contributed by atoms with Gasteiger partial charge in [0.05, 0.1) is 0 Å². The summed E-state index contributed by atoms with van der Waals surface area (Å²) in [4.78, 5) is 14.3. The minimum atomic E-state index is 0.114. The zero-order chi connectivity index (χ0) is 14.4. The Kier molecular flexibility index (Phi) is 5.35. The van der Waals surface area contributed by atoms with E-state index in [0.717, 1.165) is 43.7 Å². The van der Waals surface area contributed by atoms with Gasteiger partial charge < -0.3 is 15.5 Å². The maximum Gasteiger partial charge on any atom is 0.253 e. The Morgan fingerprint density at radius 3 is 2.75 bits per heavy atom. The summed E-state index contributed by atoms with van der Waals surface area (Å²) in [5, 5.41) is 6.70. The highest BCUT2D eigenvalue weighted by Crippen LogP contribution is 2.16. The molecule has 1 aliphatic rings. The SMILES string of the molecule is CCNC(=S)Nc1cccc(C(=O)N2CCCCC2)c1. The number of nitrogens with one attached hydrogen (secondary N) is 2. The fraction of sp³-hybridized carbons (Fsp3) is 0.467. The summed E-state index contributed by atoms with van der Waals surface area (Å²) in [6, 6.07) is 7.52. The van der Waals surface area contributed by atoms with E-state index < -0.39 is 0 Å². The smallest absolute Gasteiger partial charge is 0.253 e. The van der Waals surface area contributed by atoms with Gasteiger partial charge in [-0.15, -0.1) is 0 Å². The van der Waals surface area contributed by atoms with Crippen molar-refractivity contribution in [3.05, 3.63) is 29.8 Å². The van der Waals surface area contributed by atoms with E-state index >= 15 is 0 Å². The molecule has 2 rings (SSSR count). The molecule has 1 saturated heterocycles. The monoisotopic (exact) mass is 291 g/mol. The lowest BCUT2D eigenvalue weighted by molar-refractivity contribution is 0.0724. The van der Waals surface area contributed by atoms with Crippen LogP contribution in [0, 0.1) is 0 Å². The van der Waals surface area contributed by atoms with Gasteiger partial charge in [-0.2, -0.15) is 0 Å². The molecule has 0 radical (unpaired) electrons. The van der Waals surface area contributed by atoms with E-state index in [1.54, 1.807) is 0 Å². The molecule has 0 aromatic heterocycles. The molecule has 0 atom stereocenters. The first kappa shape index (κ1) is 14.8. The third-order valence-corrected chi connectivity index (χ3v) is 3.59. The minimum absolute atomic E-state index is 0.114. The van der Waals surface area contributed by atoms with Crippen molar-refractivity contribution < 1.29 is 4.79 Å². The first-order valence-electron chi connectivity index (χ1n) is 7.15. The van der Waals surface area contributed by atoms with Crippen molar-refractivity contribution in [1.29, 1.82) is 0 Å². The van der Waals surface area contributed by atoms with Crippen LogP contribution in [0.5, 0.6) is 0 Å². The standard InChI is InChI=1S/C15H21N3OS/c1-2-16-15(20)17-13-8-6-7-12(11-13)14(19)18-9-4-3-5-10-18/h6-8,11H,2-5,9-10H2,1H3,(H2,16,17,20). The summed E-state index contributed by atoms with van der Waals surface area (Å²) >= 11 is 5.15. The molecule has 1 fully saturated rings. The summed E-state index contributed by atoms with van der Waals surface area (Å²) in [7, 11) is 0. The number of hydrogen-bond acceptors (Lipinski definition) is 2. The van der Waals surface area contributed by atoms with Gasteiger partial charge in [0.1, 0.15) is 0 Å². The lowest BCUT2D eigenvalue weighted by Crippen LogP contribution is -2.35. The third kappa shape index (κ3) is 3.93. The van der Waals surface area contributed by atoms with Crippen LogP contribution >= 0.6 is 12.2 Å². The lowest BCUT2D eigenvalue weighted by Gasteiger charge is -2.26. The number of rotatable bonds is 3. The number of amides is 1. The zero-order valence-corrected chi connectivity index (χ0v) is 12.6. The normalized spacial score (nSPS) is 14.8. The molecule has 0 bridgehead atoms. The highest BCUT2D eigenvalue weighted by Gasteiger charge is 2.18. The second kappa shape index (κ2) is 7.24. The van der Waals surface area contributed by atoms with Crippen LogP contribution in [0.25, 0.3) is 0 Å². The average molecular weight is 291 g/mol. The van der Waals surface area contributed by atoms with Crippen molar-refractivity contribution in [2.75, 3.05) is 25.0 Å². The number of piperidine rings is 1. The molecule has 1 amide bonds. The summed E-state index contributed by atoms with van der Waals surface area (Å²) in [5.41, 5.74) is 1.56. The average Bonchev–Trinajstić information content (AvgIpc) is 2.48. The van der Waals surface area contributed by atoms with Crippen molar-refractivity contribution in [2.45, 2.75) is 26.2 Å². The summed E-state index contributed by atoms with van der Waals surface area (Å²) < 4.78 is 0. The number of thiocarbonyl (C=S) groups is 1. The Morgan fingerprint density at radius 1 is 1.30 bits per heavy atom. The maximum atomic E-state index is 12.4. The van der Waals surface area contributed by atoms with Crippen LogP contribution in [0.15, 0.2) is 24.3 Å². The summed E-state index contributed by atoms with van der Waals surface area (Å²) in [6.45, 7) is 4.50. The first-order chi connectivity index (χ1) is 9.70. The molecule has 0 saturated carbocycles. The fourth-order valence-electron chi connectivity index (χ4n) is 2.35. The molecule has 0 unspecified atom stereocenters. The Bertz CT molecular complexity index is 484. The molecule has 4 nitrogen and oxygen atoms in total. The summed E-state index contributed by atoms with van der Waals surface area (Å²) in [5.74, 6) is 0.114. The molecule has 1 aromatic carbocycles.